The Morgan fingerprint density at radius 3 is 2.48 bits per heavy atom. The zero-order valence-electron chi connectivity index (χ0n) is 18.0. The van der Waals surface area contributed by atoms with Crippen LogP contribution in [0.5, 0.6) is 5.75 Å². The summed E-state index contributed by atoms with van der Waals surface area (Å²) in [6, 6.07) is 11.1. The van der Waals surface area contributed by atoms with Crippen LogP contribution in [0.3, 0.4) is 0 Å². The molecular formula is C23H31N5O3. The fraction of sp³-hybridized carbons (Fsp3) is 0.435. The lowest BCUT2D eigenvalue weighted by molar-refractivity contribution is -0.122. The molecule has 0 aliphatic carbocycles. The molecule has 1 saturated heterocycles. The van der Waals surface area contributed by atoms with E-state index in [4.69, 9.17) is 4.74 Å². The van der Waals surface area contributed by atoms with E-state index >= 15 is 0 Å². The number of piperidine rings is 1. The summed E-state index contributed by atoms with van der Waals surface area (Å²) < 4.78 is 5.41. The van der Waals surface area contributed by atoms with Gasteiger partial charge in [-0.1, -0.05) is 0 Å². The zero-order valence-corrected chi connectivity index (χ0v) is 18.0. The van der Waals surface area contributed by atoms with Crippen LogP contribution < -0.4 is 20.7 Å². The number of nitrogens with one attached hydrogen (secondary N) is 3. The number of likely N-dealkylation sites (tertiary alicyclic amines) is 1. The molecule has 31 heavy (non-hydrogen) atoms. The predicted octanol–water partition coefficient (Wildman–Crippen LogP) is 2.43. The van der Waals surface area contributed by atoms with Gasteiger partial charge < -0.3 is 25.6 Å². The molecule has 1 aliphatic heterocycles. The van der Waals surface area contributed by atoms with Crippen molar-refractivity contribution in [1.29, 1.82) is 0 Å². The average Bonchev–Trinajstić information content (AvgIpc) is 2.79. The van der Waals surface area contributed by atoms with E-state index < -0.39 is 0 Å². The number of ether oxygens (including phenoxy) is 1. The maximum atomic E-state index is 12.3. The Balaban J connectivity index is 1.34. The number of carbonyl (C=O) groups excluding carboxylic acids is 2. The molecular weight excluding hydrogens is 394 g/mol. The van der Waals surface area contributed by atoms with E-state index in [1.165, 1.54) is 5.56 Å². The second-order valence-electron chi connectivity index (χ2n) is 7.59. The third-order valence-electron chi connectivity index (χ3n) is 5.24. The number of nitrogens with zero attached hydrogens (tertiary/aromatic N) is 2. The molecule has 8 nitrogen and oxygen atoms in total. The van der Waals surface area contributed by atoms with Crippen molar-refractivity contribution < 1.29 is 14.3 Å². The van der Waals surface area contributed by atoms with Crippen LogP contribution in [-0.4, -0.2) is 60.6 Å². The fourth-order valence-corrected chi connectivity index (χ4v) is 3.52. The molecule has 1 aromatic carbocycles. The summed E-state index contributed by atoms with van der Waals surface area (Å²) in [5.41, 5.74) is 1.98. The number of rotatable bonds is 9. The molecule has 166 valence electrons. The summed E-state index contributed by atoms with van der Waals surface area (Å²) in [4.78, 5) is 30.2. The van der Waals surface area contributed by atoms with E-state index in [1.807, 2.05) is 19.3 Å². The molecule has 8 heteroatoms. The number of likely N-dealkylation sites (N-methyl/N-ethyl adjacent to an activating group) is 1. The van der Waals surface area contributed by atoms with Crippen LogP contribution in [0.25, 0.3) is 0 Å². The number of hydrogen-bond acceptors (Lipinski definition) is 5. The minimum absolute atomic E-state index is 0.0254. The summed E-state index contributed by atoms with van der Waals surface area (Å²) in [6.45, 7) is 5.39. The summed E-state index contributed by atoms with van der Waals surface area (Å²) in [5.74, 6) is 0.420. The number of aromatic nitrogens is 1. The molecule has 0 spiro atoms. The van der Waals surface area contributed by atoms with E-state index in [0.717, 1.165) is 38.9 Å². The molecule has 1 aromatic heterocycles. The molecule has 2 aromatic rings. The quantitative estimate of drug-likeness (QED) is 0.574. The van der Waals surface area contributed by atoms with Crippen LogP contribution in [0.2, 0.25) is 0 Å². The minimum Gasteiger partial charge on any atom is -0.484 e. The SMILES string of the molecule is CCNC(=O)COc1ccc(NC(=O)NC2CCN(CCc3ccncc3)CC2)cc1. The van der Waals surface area contributed by atoms with E-state index in [-0.39, 0.29) is 24.6 Å². The van der Waals surface area contributed by atoms with E-state index in [1.54, 1.807) is 24.3 Å². The Kier molecular flexibility index (Phi) is 8.66. The molecule has 2 heterocycles. The van der Waals surface area contributed by atoms with Crippen molar-refractivity contribution >= 4 is 17.6 Å². The summed E-state index contributed by atoms with van der Waals surface area (Å²) in [6.07, 6.45) is 6.56. The average molecular weight is 426 g/mol. The van der Waals surface area contributed by atoms with Crippen LogP contribution >= 0.6 is 0 Å². The Morgan fingerprint density at radius 1 is 1.10 bits per heavy atom. The first kappa shape index (κ1) is 22.6. The summed E-state index contributed by atoms with van der Waals surface area (Å²) in [7, 11) is 0. The molecule has 0 unspecified atom stereocenters. The van der Waals surface area contributed by atoms with Crippen LogP contribution in [0.4, 0.5) is 10.5 Å². The van der Waals surface area contributed by atoms with Crippen LogP contribution in [0, 0.1) is 0 Å². The van der Waals surface area contributed by atoms with Crippen molar-refractivity contribution in [2.24, 2.45) is 0 Å². The van der Waals surface area contributed by atoms with E-state index in [9.17, 15) is 9.59 Å². The highest BCUT2D eigenvalue weighted by Crippen LogP contribution is 2.16. The number of carbonyl (C=O) groups is 2. The van der Waals surface area contributed by atoms with Gasteiger partial charge in [0.2, 0.25) is 0 Å². The van der Waals surface area contributed by atoms with Crippen LogP contribution in [0.1, 0.15) is 25.3 Å². The largest absolute Gasteiger partial charge is 0.484 e. The van der Waals surface area contributed by atoms with Crippen molar-refractivity contribution in [2.75, 3.05) is 38.1 Å². The Morgan fingerprint density at radius 2 is 1.81 bits per heavy atom. The minimum atomic E-state index is -0.203. The van der Waals surface area contributed by atoms with Crippen LogP contribution in [0.15, 0.2) is 48.8 Å². The number of urea groups is 1. The predicted molar refractivity (Wildman–Crippen MR) is 120 cm³/mol. The topological polar surface area (TPSA) is 95.6 Å². The normalized spacial score (nSPS) is 14.6. The first-order chi connectivity index (χ1) is 15.1. The molecule has 0 atom stereocenters. The number of pyridine rings is 1. The van der Waals surface area contributed by atoms with Crippen molar-refractivity contribution in [3.63, 3.8) is 0 Å². The number of amides is 3. The molecule has 0 radical (unpaired) electrons. The zero-order chi connectivity index (χ0) is 21.9. The van der Waals surface area contributed by atoms with Crippen molar-refractivity contribution in [3.8, 4) is 5.75 Å². The lowest BCUT2D eigenvalue weighted by Gasteiger charge is -2.32. The second-order valence-corrected chi connectivity index (χ2v) is 7.59. The highest BCUT2D eigenvalue weighted by molar-refractivity contribution is 5.89. The van der Waals surface area contributed by atoms with Gasteiger partial charge in [-0.25, -0.2) is 4.79 Å². The summed E-state index contributed by atoms with van der Waals surface area (Å²) >= 11 is 0. The third kappa shape index (κ3) is 7.90. The van der Waals surface area contributed by atoms with Crippen LogP contribution in [-0.2, 0) is 11.2 Å². The molecule has 3 N–H and O–H groups in total. The fourth-order valence-electron chi connectivity index (χ4n) is 3.52. The molecule has 3 amide bonds. The number of hydrogen-bond donors (Lipinski definition) is 3. The highest BCUT2D eigenvalue weighted by Gasteiger charge is 2.20. The molecule has 1 aliphatic rings. The smallest absolute Gasteiger partial charge is 0.319 e. The van der Waals surface area contributed by atoms with Gasteiger partial charge in [-0.3, -0.25) is 9.78 Å². The first-order valence-electron chi connectivity index (χ1n) is 10.8. The maximum absolute atomic E-state index is 12.3. The Labute approximate surface area is 183 Å². The van der Waals surface area contributed by atoms with Gasteiger partial charge in [0.25, 0.3) is 5.91 Å². The number of benzene rings is 1. The monoisotopic (exact) mass is 425 g/mol. The molecule has 0 bridgehead atoms. The molecule has 3 rings (SSSR count). The van der Waals surface area contributed by atoms with Gasteiger partial charge in [0.1, 0.15) is 5.75 Å². The van der Waals surface area contributed by atoms with Gasteiger partial charge in [-0.05, 0) is 68.1 Å². The van der Waals surface area contributed by atoms with E-state index in [2.05, 4.69) is 38.0 Å². The van der Waals surface area contributed by atoms with Gasteiger partial charge in [0.05, 0.1) is 0 Å². The lowest BCUT2D eigenvalue weighted by atomic mass is 10.0. The van der Waals surface area contributed by atoms with Crippen molar-refractivity contribution in [1.82, 2.24) is 20.5 Å². The highest BCUT2D eigenvalue weighted by atomic mass is 16.5. The molecule has 1 fully saturated rings. The maximum Gasteiger partial charge on any atom is 0.319 e. The van der Waals surface area contributed by atoms with Crippen molar-refractivity contribution in [3.05, 3.63) is 54.4 Å². The van der Waals surface area contributed by atoms with Crippen molar-refractivity contribution in [2.45, 2.75) is 32.2 Å². The summed E-state index contributed by atoms with van der Waals surface area (Å²) in [5, 5.41) is 8.59. The lowest BCUT2D eigenvalue weighted by Crippen LogP contribution is -2.46. The van der Waals surface area contributed by atoms with Gasteiger partial charge in [0, 0.05) is 50.3 Å². The first-order valence-corrected chi connectivity index (χ1v) is 10.8. The third-order valence-corrected chi connectivity index (χ3v) is 5.24. The Hall–Kier alpha value is -3.13. The van der Waals surface area contributed by atoms with Gasteiger partial charge in [-0.2, -0.15) is 0 Å². The molecule has 0 saturated carbocycles. The van der Waals surface area contributed by atoms with Gasteiger partial charge in [-0.15, -0.1) is 0 Å². The van der Waals surface area contributed by atoms with Gasteiger partial charge >= 0.3 is 6.03 Å². The Bertz CT molecular complexity index is 821. The standard InChI is InChI=1S/C23H31N5O3/c1-2-25-22(29)17-31-21-5-3-19(4-6-21)26-23(30)27-20-10-15-28(16-11-20)14-9-18-7-12-24-13-8-18/h3-8,12-13,20H,2,9-11,14-17H2,1H3,(H,25,29)(H2,26,27,30). The second kappa shape index (κ2) is 11.9. The van der Waals surface area contributed by atoms with E-state index in [0.29, 0.717) is 18.0 Å². The number of anilines is 1. The van der Waals surface area contributed by atoms with Gasteiger partial charge in [0.15, 0.2) is 6.61 Å².